The van der Waals surface area contributed by atoms with Crippen LogP contribution in [-0.4, -0.2) is 22.4 Å². The molecule has 126 valence electrons. The van der Waals surface area contributed by atoms with Crippen LogP contribution in [0.5, 0.6) is 0 Å². The Hall–Kier alpha value is -1.70. The summed E-state index contributed by atoms with van der Waals surface area (Å²) in [6, 6.07) is 1.44. The van der Waals surface area contributed by atoms with Crippen LogP contribution in [0.3, 0.4) is 0 Å². The normalized spacial score (nSPS) is 10.8. The number of nitrogens with zero attached hydrogens (tertiary/aromatic N) is 1. The first-order valence-electron chi connectivity index (χ1n) is 6.13. The molecule has 0 amide bonds. The van der Waals surface area contributed by atoms with Gasteiger partial charge in [-0.15, -0.1) is 18.3 Å². The number of carboxylic acid groups (broad SMARTS) is 1. The summed E-state index contributed by atoms with van der Waals surface area (Å²) in [5.41, 5.74) is -0.0428. The van der Waals surface area contributed by atoms with Crippen LogP contribution < -0.4 is 0 Å². The lowest BCUT2D eigenvalue weighted by atomic mass is 10.4. The molecule has 0 saturated carbocycles. The Morgan fingerprint density at radius 2 is 1.95 bits per heavy atom. The Labute approximate surface area is 132 Å². The number of alkyl halides is 3. The molecule has 0 spiro atoms. The molecule has 0 unspecified atom stereocenters. The molecule has 1 aromatic rings. The fraction of sp³-hybridized carbons (Fsp3) is 0.429. The predicted molar refractivity (Wildman–Crippen MR) is 81.8 cm³/mol. The van der Waals surface area contributed by atoms with Crippen LogP contribution in [0.4, 0.5) is 13.2 Å². The van der Waals surface area contributed by atoms with Gasteiger partial charge in [-0.2, -0.15) is 13.2 Å². The van der Waals surface area contributed by atoms with E-state index >= 15 is 0 Å². The van der Waals surface area contributed by atoms with Crippen molar-refractivity contribution in [1.82, 2.24) is 5.16 Å². The van der Waals surface area contributed by atoms with Crippen LogP contribution in [0.2, 0.25) is 0 Å². The SMILES string of the molecule is C/C=C(\C)SCc1cc(C(=O)O)no1.C=CC.CC(F)(F)F. The zero-order valence-corrected chi connectivity index (χ0v) is 13.7. The van der Waals surface area contributed by atoms with Crippen LogP contribution >= 0.6 is 11.8 Å². The van der Waals surface area contributed by atoms with Crippen molar-refractivity contribution in [3.8, 4) is 0 Å². The molecule has 1 aromatic heterocycles. The molecule has 1 rings (SSSR count). The fourth-order valence-electron chi connectivity index (χ4n) is 0.750. The van der Waals surface area contributed by atoms with Gasteiger partial charge in [0.25, 0.3) is 0 Å². The molecule has 22 heavy (non-hydrogen) atoms. The summed E-state index contributed by atoms with van der Waals surface area (Å²) in [6.45, 7) is 9.37. The molecule has 1 heterocycles. The van der Waals surface area contributed by atoms with Crippen LogP contribution in [0.15, 0.2) is 34.2 Å². The Morgan fingerprint density at radius 3 is 2.27 bits per heavy atom. The monoisotopic (exact) mass is 339 g/mol. The summed E-state index contributed by atoms with van der Waals surface area (Å²) in [5.74, 6) is 0.123. The van der Waals surface area contributed by atoms with Crippen molar-refractivity contribution in [3.63, 3.8) is 0 Å². The Balaban J connectivity index is 0. The lowest BCUT2D eigenvalue weighted by Gasteiger charge is -1.95. The zero-order valence-electron chi connectivity index (χ0n) is 12.9. The van der Waals surface area contributed by atoms with Gasteiger partial charge in [0, 0.05) is 13.0 Å². The van der Waals surface area contributed by atoms with Gasteiger partial charge in [0.15, 0.2) is 5.69 Å². The highest BCUT2D eigenvalue weighted by Gasteiger charge is 2.15. The highest BCUT2D eigenvalue weighted by molar-refractivity contribution is 8.02. The van der Waals surface area contributed by atoms with Crippen molar-refractivity contribution < 1.29 is 27.6 Å². The van der Waals surface area contributed by atoms with Crippen molar-refractivity contribution in [2.24, 2.45) is 0 Å². The first-order valence-corrected chi connectivity index (χ1v) is 7.12. The highest BCUT2D eigenvalue weighted by Crippen LogP contribution is 2.20. The zero-order chi connectivity index (χ0) is 17.8. The summed E-state index contributed by atoms with van der Waals surface area (Å²) in [6.07, 6.45) is -0.265. The number of halogens is 3. The van der Waals surface area contributed by atoms with E-state index in [1.54, 1.807) is 17.8 Å². The summed E-state index contributed by atoms with van der Waals surface area (Å²) in [7, 11) is 0. The third-order valence-electron chi connectivity index (χ3n) is 1.63. The van der Waals surface area contributed by atoms with Crippen LogP contribution in [-0.2, 0) is 5.75 Å². The van der Waals surface area contributed by atoms with Gasteiger partial charge in [0.1, 0.15) is 5.76 Å². The molecular weight excluding hydrogens is 319 g/mol. The lowest BCUT2D eigenvalue weighted by molar-refractivity contribution is -0.110. The minimum Gasteiger partial charge on any atom is -0.476 e. The molecule has 0 bridgehead atoms. The maximum atomic E-state index is 10.5. The minimum absolute atomic E-state index is 0.0428. The molecular formula is C14H20F3NO3S. The maximum absolute atomic E-state index is 10.5. The molecule has 8 heteroatoms. The summed E-state index contributed by atoms with van der Waals surface area (Å²) >= 11 is 1.59. The van der Waals surface area contributed by atoms with Crippen LogP contribution in [0, 0.1) is 0 Å². The molecule has 0 aliphatic rings. The number of rotatable bonds is 4. The van der Waals surface area contributed by atoms with Crippen molar-refractivity contribution in [2.75, 3.05) is 0 Å². The molecule has 0 aliphatic carbocycles. The molecule has 0 saturated heterocycles. The van der Waals surface area contributed by atoms with Crippen molar-refractivity contribution in [1.29, 1.82) is 0 Å². The largest absolute Gasteiger partial charge is 0.476 e. The van der Waals surface area contributed by atoms with E-state index in [0.29, 0.717) is 11.5 Å². The second-order valence-electron chi connectivity index (χ2n) is 3.86. The quantitative estimate of drug-likeness (QED) is 0.755. The van der Waals surface area contributed by atoms with E-state index in [1.165, 1.54) is 11.0 Å². The Bertz CT molecular complexity index is 476. The van der Waals surface area contributed by atoms with Crippen molar-refractivity contribution in [3.05, 3.63) is 41.2 Å². The molecule has 0 atom stereocenters. The van der Waals surface area contributed by atoms with E-state index in [0.717, 1.165) is 0 Å². The second kappa shape index (κ2) is 11.9. The first-order chi connectivity index (χ1) is 10.0. The van der Waals surface area contributed by atoms with Crippen LogP contribution in [0.25, 0.3) is 0 Å². The predicted octanol–water partition coefficient (Wildman–Crippen LogP) is 5.29. The molecule has 0 aromatic carbocycles. The van der Waals surface area contributed by atoms with Gasteiger partial charge in [0.05, 0.1) is 5.75 Å². The maximum Gasteiger partial charge on any atom is 0.386 e. The minimum atomic E-state index is -4.00. The van der Waals surface area contributed by atoms with Gasteiger partial charge < -0.3 is 9.63 Å². The van der Waals surface area contributed by atoms with E-state index in [-0.39, 0.29) is 12.6 Å². The number of aromatic nitrogens is 1. The summed E-state index contributed by atoms with van der Waals surface area (Å²) < 4.78 is 35.9. The molecule has 1 N–H and O–H groups in total. The topological polar surface area (TPSA) is 63.3 Å². The van der Waals surface area contributed by atoms with Gasteiger partial charge >= 0.3 is 12.1 Å². The number of hydrogen-bond acceptors (Lipinski definition) is 4. The van der Waals surface area contributed by atoms with E-state index in [2.05, 4.69) is 11.7 Å². The number of hydrogen-bond donors (Lipinski definition) is 1. The number of carbonyl (C=O) groups is 1. The fourth-order valence-corrected chi connectivity index (χ4v) is 1.42. The highest BCUT2D eigenvalue weighted by atomic mass is 32.2. The van der Waals surface area contributed by atoms with Crippen molar-refractivity contribution >= 4 is 17.7 Å². The van der Waals surface area contributed by atoms with Crippen LogP contribution in [0.1, 0.15) is 43.9 Å². The van der Waals surface area contributed by atoms with E-state index in [4.69, 9.17) is 9.63 Å². The smallest absolute Gasteiger partial charge is 0.386 e. The first kappa shape index (κ1) is 22.6. The number of allylic oxidation sites excluding steroid dienone is 3. The summed E-state index contributed by atoms with van der Waals surface area (Å²) in [4.78, 5) is 11.6. The molecule has 0 aliphatic heterocycles. The van der Waals surface area contributed by atoms with E-state index in [1.807, 2.05) is 26.8 Å². The van der Waals surface area contributed by atoms with Crippen molar-refractivity contribution in [2.45, 2.75) is 39.6 Å². The Morgan fingerprint density at radius 1 is 1.50 bits per heavy atom. The molecule has 4 nitrogen and oxygen atoms in total. The summed E-state index contributed by atoms with van der Waals surface area (Å²) in [5, 5.41) is 12.0. The number of thioether (sulfide) groups is 1. The average Bonchev–Trinajstić information content (AvgIpc) is 2.83. The number of carboxylic acids is 1. The number of aromatic carboxylic acids is 1. The van der Waals surface area contributed by atoms with Gasteiger partial charge in [-0.25, -0.2) is 4.79 Å². The standard InChI is InChI=1S/C9H11NO3S.C3H6.C2H3F3/c1-3-6(2)14-5-7-4-8(9(11)12)10-13-7;1-3-2;1-2(3,4)5/h3-4H,5H2,1-2H3,(H,11,12);3H,1H2,2H3;1H3/b6-3+;;. The molecule has 0 radical (unpaired) electrons. The van der Waals surface area contributed by atoms with Gasteiger partial charge in [-0.1, -0.05) is 17.3 Å². The van der Waals surface area contributed by atoms with E-state index < -0.39 is 12.1 Å². The second-order valence-corrected chi connectivity index (χ2v) is 5.08. The van der Waals surface area contributed by atoms with Gasteiger partial charge in [-0.3, -0.25) is 0 Å². The van der Waals surface area contributed by atoms with E-state index in [9.17, 15) is 18.0 Å². The molecule has 0 fully saturated rings. The average molecular weight is 339 g/mol. The lowest BCUT2D eigenvalue weighted by Crippen LogP contribution is -1.95. The van der Waals surface area contributed by atoms with Gasteiger partial charge in [-0.05, 0) is 25.7 Å². The third kappa shape index (κ3) is 16.4. The third-order valence-corrected chi connectivity index (χ3v) is 2.75. The van der Waals surface area contributed by atoms with Gasteiger partial charge in [0.2, 0.25) is 0 Å². The Kier molecular flexibility index (Phi) is 12.2.